The third kappa shape index (κ3) is 2.72. The summed E-state index contributed by atoms with van der Waals surface area (Å²) in [4.78, 5) is 24.5. The Kier molecular flexibility index (Phi) is 3.49. The fourth-order valence-corrected chi connectivity index (χ4v) is 1.18. The first-order valence-corrected chi connectivity index (χ1v) is 4.74. The minimum atomic E-state index is -0.591. The molecule has 1 unspecified atom stereocenters. The summed E-state index contributed by atoms with van der Waals surface area (Å²) >= 11 is 0. The van der Waals surface area contributed by atoms with Crippen molar-refractivity contribution < 1.29 is 9.59 Å². The van der Waals surface area contributed by atoms with Gasteiger partial charge in [-0.15, -0.1) is 0 Å². The molecule has 16 heavy (non-hydrogen) atoms. The largest absolute Gasteiger partial charge is 0.382 e. The predicted octanol–water partition coefficient (Wildman–Crippen LogP) is -0.802. The molecule has 0 aromatic carbocycles. The number of aromatic amines is 1. The Balaban J connectivity index is 2.61. The molecule has 0 spiro atoms. The summed E-state index contributed by atoms with van der Waals surface area (Å²) in [5.74, 6) is -0.357. The van der Waals surface area contributed by atoms with Gasteiger partial charge in [0.25, 0.3) is 5.91 Å². The quantitative estimate of drug-likeness (QED) is 0.626. The fraction of sp³-hybridized carbons (Fsp3) is 0.444. The molecule has 4 N–H and O–H groups in total. The maximum Gasteiger partial charge on any atom is 0.270 e. The van der Waals surface area contributed by atoms with Crippen molar-refractivity contribution in [3.05, 3.63) is 11.8 Å². The number of amides is 2. The SMILES string of the molecule is CC(NC(=O)c1cc(N)n[nH]1)C(=O)N(C)C. The molecule has 0 aliphatic rings. The zero-order chi connectivity index (χ0) is 12.3. The van der Waals surface area contributed by atoms with Crippen molar-refractivity contribution >= 4 is 17.6 Å². The van der Waals surface area contributed by atoms with E-state index in [0.717, 1.165) is 0 Å². The van der Waals surface area contributed by atoms with Gasteiger partial charge < -0.3 is 16.0 Å². The van der Waals surface area contributed by atoms with Gasteiger partial charge in [-0.2, -0.15) is 5.10 Å². The van der Waals surface area contributed by atoms with Gasteiger partial charge in [0.15, 0.2) is 0 Å². The molecular weight excluding hydrogens is 210 g/mol. The molecule has 88 valence electrons. The molecule has 0 saturated carbocycles. The normalized spacial score (nSPS) is 11.9. The van der Waals surface area contributed by atoms with Gasteiger partial charge in [-0.1, -0.05) is 0 Å². The fourth-order valence-electron chi connectivity index (χ4n) is 1.18. The van der Waals surface area contributed by atoms with Gasteiger partial charge in [-0.3, -0.25) is 14.7 Å². The number of hydrogen-bond donors (Lipinski definition) is 3. The third-order valence-electron chi connectivity index (χ3n) is 2.00. The summed E-state index contributed by atoms with van der Waals surface area (Å²) in [5.41, 5.74) is 5.59. The molecule has 0 radical (unpaired) electrons. The lowest BCUT2D eigenvalue weighted by molar-refractivity contribution is -0.130. The highest BCUT2D eigenvalue weighted by atomic mass is 16.2. The minimum absolute atomic E-state index is 0.180. The van der Waals surface area contributed by atoms with Crippen LogP contribution in [0.1, 0.15) is 17.4 Å². The van der Waals surface area contributed by atoms with E-state index in [-0.39, 0.29) is 17.4 Å². The summed E-state index contributed by atoms with van der Waals surface area (Å²) in [7, 11) is 3.25. The summed E-state index contributed by atoms with van der Waals surface area (Å²) in [6.45, 7) is 1.61. The molecule has 0 aliphatic carbocycles. The average Bonchev–Trinajstić information content (AvgIpc) is 2.63. The van der Waals surface area contributed by atoms with Crippen LogP contribution in [0.25, 0.3) is 0 Å². The van der Waals surface area contributed by atoms with E-state index in [1.165, 1.54) is 11.0 Å². The Morgan fingerprint density at radius 1 is 1.56 bits per heavy atom. The number of aromatic nitrogens is 2. The number of rotatable bonds is 3. The second-order valence-electron chi connectivity index (χ2n) is 3.63. The Morgan fingerprint density at radius 3 is 2.62 bits per heavy atom. The van der Waals surface area contributed by atoms with Gasteiger partial charge in [0, 0.05) is 20.2 Å². The summed E-state index contributed by atoms with van der Waals surface area (Å²) in [6.07, 6.45) is 0. The zero-order valence-corrected chi connectivity index (χ0v) is 9.44. The second-order valence-corrected chi connectivity index (χ2v) is 3.63. The van der Waals surface area contributed by atoms with Gasteiger partial charge in [0.05, 0.1) is 0 Å². The van der Waals surface area contributed by atoms with E-state index in [2.05, 4.69) is 15.5 Å². The highest BCUT2D eigenvalue weighted by molar-refractivity contribution is 5.96. The number of carbonyl (C=O) groups is 2. The Labute approximate surface area is 93.0 Å². The first-order valence-electron chi connectivity index (χ1n) is 4.74. The molecule has 0 bridgehead atoms. The topological polar surface area (TPSA) is 104 Å². The van der Waals surface area contributed by atoms with E-state index >= 15 is 0 Å². The van der Waals surface area contributed by atoms with Crippen molar-refractivity contribution in [1.82, 2.24) is 20.4 Å². The van der Waals surface area contributed by atoms with Crippen LogP contribution >= 0.6 is 0 Å². The van der Waals surface area contributed by atoms with E-state index < -0.39 is 11.9 Å². The van der Waals surface area contributed by atoms with Crippen molar-refractivity contribution in [2.45, 2.75) is 13.0 Å². The third-order valence-corrected chi connectivity index (χ3v) is 2.00. The number of H-pyrrole nitrogens is 1. The van der Waals surface area contributed by atoms with Crippen LogP contribution < -0.4 is 11.1 Å². The van der Waals surface area contributed by atoms with Crippen molar-refractivity contribution in [2.24, 2.45) is 0 Å². The highest BCUT2D eigenvalue weighted by Crippen LogP contribution is 2.00. The summed E-state index contributed by atoms with van der Waals surface area (Å²) < 4.78 is 0. The monoisotopic (exact) mass is 225 g/mol. The molecule has 2 amide bonds. The number of likely N-dealkylation sites (N-methyl/N-ethyl adjacent to an activating group) is 1. The number of nitrogens with zero attached hydrogens (tertiary/aromatic N) is 2. The molecule has 1 heterocycles. The summed E-state index contributed by atoms with van der Waals surface area (Å²) in [5, 5.41) is 8.62. The number of anilines is 1. The van der Waals surface area contributed by atoms with E-state index in [1.54, 1.807) is 21.0 Å². The summed E-state index contributed by atoms with van der Waals surface area (Å²) in [6, 6.07) is 0.814. The number of hydrogen-bond acceptors (Lipinski definition) is 4. The Bertz CT molecular complexity index is 398. The van der Waals surface area contributed by atoms with E-state index in [1.807, 2.05) is 0 Å². The van der Waals surface area contributed by atoms with Crippen molar-refractivity contribution in [1.29, 1.82) is 0 Å². The molecule has 0 saturated heterocycles. The van der Waals surface area contributed by atoms with Crippen LogP contribution in [0.3, 0.4) is 0 Å². The number of nitrogens with one attached hydrogen (secondary N) is 2. The number of nitrogens with two attached hydrogens (primary N) is 1. The van der Waals surface area contributed by atoms with Gasteiger partial charge in [0.2, 0.25) is 5.91 Å². The maximum absolute atomic E-state index is 11.6. The van der Waals surface area contributed by atoms with E-state index in [4.69, 9.17) is 5.73 Å². The lowest BCUT2D eigenvalue weighted by Gasteiger charge is -2.17. The molecular formula is C9H15N5O2. The molecule has 1 rings (SSSR count). The average molecular weight is 225 g/mol. The predicted molar refractivity (Wildman–Crippen MR) is 58.6 cm³/mol. The van der Waals surface area contributed by atoms with Crippen molar-refractivity contribution in [2.75, 3.05) is 19.8 Å². The molecule has 7 nitrogen and oxygen atoms in total. The van der Waals surface area contributed by atoms with Gasteiger partial charge >= 0.3 is 0 Å². The van der Waals surface area contributed by atoms with Crippen LogP contribution in [0.4, 0.5) is 5.82 Å². The minimum Gasteiger partial charge on any atom is -0.382 e. The number of nitrogen functional groups attached to an aromatic ring is 1. The van der Waals surface area contributed by atoms with Crippen LogP contribution in [0.2, 0.25) is 0 Å². The van der Waals surface area contributed by atoms with Crippen LogP contribution in [0.5, 0.6) is 0 Å². The van der Waals surface area contributed by atoms with Gasteiger partial charge in [-0.05, 0) is 6.92 Å². The molecule has 0 fully saturated rings. The standard InChI is InChI=1S/C9H15N5O2/c1-5(9(16)14(2)3)11-8(15)6-4-7(10)13-12-6/h4-5H,1-3H3,(H,11,15)(H3,10,12,13). The molecule has 7 heteroatoms. The van der Waals surface area contributed by atoms with Crippen LogP contribution in [-0.4, -0.2) is 47.0 Å². The van der Waals surface area contributed by atoms with E-state index in [9.17, 15) is 9.59 Å². The van der Waals surface area contributed by atoms with Gasteiger partial charge in [-0.25, -0.2) is 0 Å². The smallest absolute Gasteiger partial charge is 0.270 e. The maximum atomic E-state index is 11.6. The van der Waals surface area contributed by atoms with Crippen LogP contribution in [0, 0.1) is 0 Å². The molecule has 0 aliphatic heterocycles. The zero-order valence-electron chi connectivity index (χ0n) is 9.44. The van der Waals surface area contributed by atoms with Crippen LogP contribution in [0.15, 0.2) is 6.07 Å². The van der Waals surface area contributed by atoms with Gasteiger partial charge in [0.1, 0.15) is 17.6 Å². The first kappa shape index (κ1) is 12.0. The lowest BCUT2D eigenvalue weighted by Crippen LogP contribution is -2.44. The van der Waals surface area contributed by atoms with Crippen molar-refractivity contribution in [3.8, 4) is 0 Å². The molecule has 1 aromatic rings. The Morgan fingerprint density at radius 2 is 2.19 bits per heavy atom. The highest BCUT2D eigenvalue weighted by Gasteiger charge is 2.18. The second kappa shape index (κ2) is 4.65. The first-order chi connectivity index (χ1) is 7.41. The number of carbonyl (C=O) groups excluding carboxylic acids is 2. The molecule has 1 aromatic heterocycles. The molecule has 1 atom stereocenters. The lowest BCUT2D eigenvalue weighted by atomic mass is 10.3. The van der Waals surface area contributed by atoms with Crippen molar-refractivity contribution in [3.63, 3.8) is 0 Å². The van der Waals surface area contributed by atoms with E-state index in [0.29, 0.717) is 0 Å². The van der Waals surface area contributed by atoms with Crippen LogP contribution in [-0.2, 0) is 4.79 Å². The Hall–Kier alpha value is -2.05.